The first kappa shape index (κ1) is 20.6. The Labute approximate surface area is 164 Å². The lowest BCUT2D eigenvalue weighted by molar-refractivity contribution is -0.120. The predicted octanol–water partition coefficient (Wildman–Crippen LogP) is 4.10. The van der Waals surface area contributed by atoms with Gasteiger partial charge < -0.3 is 5.32 Å². The van der Waals surface area contributed by atoms with Crippen molar-refractivity contribution in [3.8, 4) is 0 Å². The molecule has 2 aromatic carbocycles. The first-order chi connectivity index (χ1) is 12.2. The largest absolute Gasteiger partial charge is 0.352 e. The van der Waals surface area contributed by atoms with E-state index in [9.17, 15) is 13.2 Å². The molecule has 1 amide bonds. The molecule has 2 aromatic rings. The van der Waals surface area contributed by atoms with Crippen LogP contribution in [0, 0.1) is 0 Å². The number of nitrogens with zero attached hydrogens (tertiary/aromatic N) is 1. The van der Waals surface area contributed by atoms with E-state index in [0.29, 0.717) is 0 Å². The number of hydrogen-bond acceptors (Lipinski definition) is 3. The summed E-state index contributed by atoms with van der Waals surface area (Å²) in [7, 11) is -3.97. The maximum absolute atomic E-state index is 13.1. The van der Waals surface area contributed by atoms with E-state index in [1.54, 1.807) is 18.2 Å². The summed E-state index contributed by atoms with van der Waals surface area (Å²) in [6.07, 6.45) is 0.736. The van der Waals surface area contributed by atoms with Crippen LogP contribution in [0.3, 0.4) is 0 Å². The minimum absolute atomic E-state index is 0.0632. The summed E-state index contributed by atoms with van der Waals surface area (Å²) < 4.78 is 27.2. The zero-order valence-corrected chi connectivity index (χ0v) is 16.8. The Morgan fingerprint density at radius 3 is 2.23 bits per heavy atom. The number of sulfonamides is 1. The van der Waals surface area contributed by atoms with Gasteiger partial charge in [0, 0.05) is 16.1 Å². The van der Waals surface area contributed by atoms with Crippen molar-refractivity contribution in [2.75, 3.05) is 10.8 Å². The molecule has 0 fully saturated rings. The van der Waals surface area contributed by atoms with E-state index in [2.05, 4.69) is 5.32 Å². The van der Waals surface area contributed by atoms with Crippen molar-refractivity contribution in [3.05, 3.63) is 58.6 Å². The topological polar surface area (TPSA) is 66.5 Å². The molecule has 0 saturated heterocycles. The van der Waals surface area contributed by atoms with E-state index in [1.807, 2.05) is 13.8 Å². The molecular formula is C18H20Cl2N2O3S. The highest BCUT2D eigenvalue weighted by molar-refractivity contribution is 7.92. The molecule has 0 spiro atoms. The highest BCUT2D eigenvalue weighted by Crippen LogP contribution is 2.29. The minimum atomic E-state index is -3.97. The van der Waals surface area contributed by atoms with Crippen LogP contribution in [-0.2, 0) is 14.8 Å². The first-order valence-electron chi connectivity index (χ1n) is 8.07. The molecule has 0 aliphatic heterocycles. The molecule has 2 rings (SSSR count). The van der Waals surface area contributed by atoms with Crippen molar-refractivity contribution in [1.82, 2.24) is 5.32 Å². The lowest BCUT2D eigenvalue weighted by atomic mass is 10.2. The molecule has 5 nitrogen and oxygen atoms in total. The maximum Gasteiger partial charge on any atom is 0.264 e. The Morgan fingerprint density at radius 1 is 1.12 bits per heavy atom. The van der Waals surface area contributed by atoms with Crippen LogP contribution in [0.25, 0.3) is 0 Å². The van der Waals surface area contributed by atoms with Crippen molar-refractivity contribution in [3.63, 3.8) is 0 Å². The van der Waals surface area contributed by atoms with Crippen LogP contribution >= 0.6 is 23.2 Å². The summed E-state index contributed by atoms with van der Waals surface area (Å²) in [5.41, 5.74) is 0.227. The van der Waals surface area contributed by atoms with Gasteiger partial charge >= 0.3 is 0 Å². The third kappa shape index (κ3) is 5.13. The molecule has 8 heteroatoms. The van der Waals surface area contributed by atoms with Gasteiger partial charge in [-0.3, -0.25) is 9.10 Å². The summed E-state index contributed by atoms with van der Waals surface area (Å²) in [5.74, 6) is -0.407. The number of amides is 1. The van der Waals surface area contributed by atoms with E-state index < -0.39 is 15.9 Å². The number of carbonyl (C=O) groups is 1. The normalized spacial score (nSPS) is 12.5. The number of rotatable bonds is 7. The summed E-state index contributed by atoms with van der Waals surface area (Å²) in [6.45, 7) is 3.41. The molecule has 0 aliphatic rings. The molecule has 0 heterocycles. The molecular weight excluding hydrogens is 395 g/mol. The van der Waals surface area contributed by atoms with Gasteiger partial charge in [0.1, 0.15) is 6.54 Å². The summed E-state index contributed by atoms with van der Waals surface area (Å²) in [5, 5.41) is 3.33. The van der Waals surface area contributed by atoms with Crippen LogP contribution in [0.15, 0.2) is 53.4 Å². The number of hydrogen-bond donors (Lipinski definition) is 1. The van der Waals surface area contributed by atoms with Gasteiger partial charge in [0.05, 0.1) is 10.6 Å². The Kier molecular flexibility index (Phi) is 6.92. The van der Waals surface area contributed by atoms with Gasteiger partial charge in [-0.1, -0.05) is 48.3 Å². The van der Waals surface area contributed by atoms with Gasteiger partial charge in [-0.25, -0.2) is 8.42 Å². The van der Waals surface area contributed by atoms with Gasteiger partial charge in [0.15, 0.2) is 0 Å². The van der Waals surface area contributed by atoms with Crippen molar-refractivity contribution >= 4 is 44.8 Å². The lowest BCUT2D eigenvalue weighted by Gasteiger charge is -2.25. The van der Waals surface area contributed by atoms with E-state index in [4.69, 9.17) is 23.2 Å². The smallest absolute Gasteiger partial charge is 0.264 e. The van der Waals surface area contributed by atoms with Crippen molar-refractivity contribution < 1.29 is 13.2 Å². The first-order valence-corrected chi connectivity index (χ1v) is 10.3. The van der Waals surface area contributed by atoms with Crippen LogP contribution in [0.2, 0.25) is 10.0 Å². The fraction of sp³-hybridized carbons (Fsp3) is 0.278. The quantitative estimate of drug-likeness (QED) is 0.741. The Balaban J connectivity index is 2.46. The standard InChI is InChI=1S/C18H20Cl2N2O3S/c1-3-13(2)21-18(23)12-22(16-10-14(19)9-15(20)11-16)26(24,25)17-7-5-4-6-8-17/h4-11,13H,3,12H2,1-2H3,(H,21,23). The minimum Gasteiger partial charge on any atom is -0.352 e. The number of benzene rings is 2. The van der Waals surface area contributed by atoms with E-state index >= 15 is 0 Å². The van der Waals surface area contributed by atoms with Gasteiger partial charge in [0.25, 0.3) is 10.0 Å². The molecule has 1 N–H and O–H groups in total. The number of carbonyl (C=O) groups excluding carboxylic acids is 1. The van der Waals surface area contributed by atoms with Crippen LogP contribution < -0.4 is 9.62 Å². The lowest BCUT2D eigenvalue weighted by Crippen LogP contribution is -2.43. The van der Waals surface area contributed by atoms with Gasteiger partial charge in [0.2, 0.25) is 5.91 Å². The summed E-state index contributed by atoms with van der Waals surface area (Å²) >= 11 is 12.1. The second-order valence-electron chi connectivity index (χ2n) is 5.83. The summed E-state index contributed by atoms with van der Waals surface area (Å²) in [4.78, 5) is 12.4. The second kappa shape index (κ2) is 8.75. The Bertz CT molecular complexity index is 853. The molecule has 26 heavy (non-hydrogen) atoms. The second-order valence-corrected chi connectivity index (χ2v) is 8.56. The monoisotopic (exact) mass is 414 g/mol. The summed E-state index contributed by atoms with van der Waals surface area (Å²) in [6, 6.07) is 12.3. The Morgan fingerprint density at radius 2 is 1.69 bits per heavy atom. The number of anilines is 1. The van der Waals surface area contributed by atoms with Gasteiger partial charge in [-0.2, -0.15) is 0 Å². The number of halogens is 2. The molecule has 140 valence electrons. The predicted molar refractivity (Wildman–Crippen MR) is 105 cm³/mol. The third-order valence-corrected chi connectivity index (χ3v) is 6.00. The highest BCUT2D eigenvalue weighted by Gasteiger charge is 2.27. The van der Waals surface area contributed by atoms with Crippen LogP contribution in [0.1, 0.15) is 20.3 Å². The molecule has 1 atom stereocenters. The molecule has 0 aliphatic carbocycles. The molecule has 1 unspecified atom stereocenters. The zero-order valence-electron chi connectivity index (χ0n) is 14.4. The average Bonchev–Trinajstić information content (AvgIpc) is 2.59. The molecule has 0 saturated carbocycles. The van der Waals surface area contributed by atoms with Crippen molar-refractivity contribution in [1.29, 1.82) is 0 Å². The van der Waals surface area contributed by atoms with E-state index in [1.165, 1.54) is 30.3 Å². The third-order valence-electron chi connectivity index (χ3n) is 3.77. The highest BCUT2D eigenvalue weighted by atomic mass is 35.5. The molecule has 0 bridgehead atoms. The van der Waals surface area contributed by atoms with Crippen molar-refractivity contribution in [2.24, 2.45) is 0 Å². The Hall–Kier alpha value is -1.76. The SMILES string of the molecule is CCC(C)NC(=O)CN(c1cc(Cl)cc(Cl)c1)S(=O)(=O)c1ccccc1. The van der Waals surface area contributed by atoms with E-state index in [-0.39, 0.29) is 33.2 Å². The fourth-order valence-corrected chi connectivity index (χ4v) is 4.21. The van der Waals surface area contributed by atoms with Gasteiger partial charge in [-0.15, -0.1) is 0 Å². The van der Waals surface area contributed by atoms with Crippen LogP contribution in [0.4, 0.5) is 5.69 Å². The number of nitrogens with one attached hydrogen (secondary N) is 1. The molecule has 0 radical (unpaired) electrons. The maximum atomic E-state index is 13.1. The molecule has 0 aromatic heterocycles. The average molecular weight is 415 g/mol. The zero-order chi connectivity index (χ0) is 19.3. The van der Waals surface area contributed by atoms with Crippen molar-refractivity contribution in [2.45, 2.75) is 31.2 Å². The fourth-order valence-electron chi connectivity index (χ4n) is 2.27. The van der Waals surface area contributed by atoms with Gasteiger partial charge in [-0.05, 0) is 43.7 Å². The van der Waals surface area contributed by atoms with Crippen LogP contribution in [0.5, 0.6) is 0 Å². The van der Waals surface area contributed by atoms with Crippen LogP contribution in [-0.4, -0.2) is 26.9 Å². The van der Waals surface area contributed by atoms with E-state index in [0.717, 1.165) is 10.7 Å².